The zero-order valence-corrected chi connectivity index (χ0v) is 19.2. The third kappa shape index (κ3) is 5.96. The second kappa shape index (κ2) is 10.6. The van der Waals surface area contributed by atoms with Crippen molar-refractivity contribution in [3.8, 4) is 0 Å². The Hall–Kier alpha value is -2.06. The Bertz CT molecular complexity index is 880. The predicted octanol–water partition coefficient (Wildman–Crippen LogP) is 4.12. The fraction of sp³-hybridized carbons (Fsp3) is 0.348. The molecule has 1 saturated heterocycles. The lowest BCUT2D eigenvalue weighted by Crippen LogP contribution is -2.48. The van der Waals surface area contributed by atoms with Crippen LogP contribution in [0, 0.1) is 0 Å². The van der Waals surface area contributed by atoms with E-state index in [0.29, 0.717) is 6.04 Å². The van der Waals surface area contributed by atoms with E-state index in [0.717, 1.165) is 45.0 Å². The summed E-state index contributed by atoms with van der Waals surface area (Å²) in [6, 6.07) is 21.8. The highest BCUT2D eigenvalue weighted by Crippen LogP contribution is 2.15. The molecular formula is C23H30IN5. The zero-order chi connectivity index (χ0) is 19.2. The van der Waals surface area contributed by atoms with E-state index in [4.69, 9.17) is 0 Å². The zero-order valence-electron chi connectivity index (χ0n) is 16.9. The second-order valence-corrected chi connectivity index (χ2v) is 7.49. The van der Waals surface area contributed by atoms with Gasteiger partial charge in [0.2, 0.25) is 0 Å². The Labute approximate surface area is 190 Å². The van der Waals surface area contributed by atoms with Crippen molar-refractivity contribution in [3.63, 3.8) is 0 Å². The number of aromatic nitrogens is 1. The minimum Gasteiger partial charge on any atom is -0.357 e. The molecule has 2 aromatic carbocycles. The molecule has 154 valence electrons. The summed E-state index contributed by atoms with van der Waals surface area (Å²) in [6.45, 7) is 4.01. The third-order valence-electron chi connectivity index (χ3n) is 5.43. The summed E-state index contributed by atoms with van der Waals surface area (Å²) in [4.78, 5) is 10.4. The molecule has 0 spiro atoms. The summed E-state index contributed by atoms with van der Waals surface area (Å²) in [5.41, 5.74) is 3.74. The summed E-state index contributed by atoms with van der Waals surface area (Å²) in [5.74, 6) is 0.875. The molecule has 1 aliphatic rings. The van der Waals surface area contributed by atoms with Crippen LogP contribution in [-0.4, -0.2) is 42.0 Å². The van der Waals surface area contributed by atoms with E-state index in [9.17, 15) is 0 Å². The van der Waals surface area contributed by atoms with Crippen LogP contribution in [0.1, 0.15) is 24.1 Å². The summed E-state index contributed by atoms with van der Waals surface area (Å²) in [5, 5.41) is 8.27. The molecule has 3 N–H and O–H groups in total. The topological polar surface area (TPSA) is 55.5 Å². The van der Waals surface area contributed by atoms with E-state index in [1.54, 1.807) is 0 Å². The van der Waals surface area contributed by atoms with Gasteiger partial charge in [-0.25, -0.2) is 0 Å². The SMILES string of the molecule is CN=C(NCc1cc2ccccc2[nH]1)NC1CCN(Cc2ccccc2)CC1.I. The van der Waals surface area contributed by atoms with Crippen molar-refractivity contribution in [1.29, 1.82) is 0 Å². The molecule has 2 heterocycles. The maximum absolute atomic E-state index is 4.40. The Morgan fingerprint density at radius 3 is 2.52 bits per heavy atom. The monoisotopic (exact) mass is 503 g/mol. The second-order valence-electron chi connectivity index (χ2n) is 7.49. The number of benzene rings is 2. The van der Waals surface area contributed by atoms with Gasteiger partial charge in [-0.2, -0.15) is 0 Å². The van der Waals surface area contributed by atoms with E-state index >= 15 is 0 Å². The standard InChI is InChI=1S/C23H29N5.HI/c1-24-23(25-16-21-15-19-9-5-6-10-22(19)26-21)27-20-11-13-28(14-12-20)17-18-7-3-2-4-8-18;/h2-10,15,20,26H,11-14,16-17H2,1H3,(H2,24,25,27);1H. The lowest BCUT2D eigenvalue weighted by molar-refractivity contribution is 0.198. The lowest BCUT2D eigenvalue weighted by Gasteiger charge is -2.33. The fourth-order valence-electron chi connectivity index (χ4n) is 3.87. The van der Waals surface area contributed by atoms with E-state index in [-0.39, 0.29) is 24.0 Å². The van der Waals surface area contributed by atoms with Gasteiger partial charge in [0, 0.05) is 43.9 Å². The molecule has 29 heavy (non-hydrogen) atoms. The highest BCUT2D eigenvalue weighted by molar-refractivity contribution is 14.0. The van der Waals surface area contributed by atoms with E-state index in [1.165, 1.54) is 22.2 Å². The Morgan fingerprint density at radius 1 is 1.07 bits per heavy atom. The number of guanidine groups is 1. The minimum atomic E-state index is 0. The fourth-order valence-corrected chi connectivity index (χ4v) is 3.87. The van der Waals surface area contributed by atoms with E-state index < -0.39 is 0 Å². The van der Waals surface area contributed by atoms with Crippen LogP contribution in [0.3, 0.4) is 0 Å². The van der Waals surface area contributed by atoms with Gasteiger partial charge in [0.25, 0.3) is 0 Å². The van der Waals surface area contributed by atoms with Crippen LogP contribution in [0.15, 0.2) is 65.7 Å². The first-order valence-electron chi connectivity index (χ1n) is 10.1. The maximum Gasteiger partial charge on any atom is 0.191 e. The molecule has 0 amide bonds. The van der Waals surface area contributed by atoms with Crippen molar-refractivity contribution in [2.24, 2.45) is 4.99 Å². The van der Waals surface area contributed by atoms with Gasteiger partial charge in [-0.1, -0.05) is 48.5 Å². The minimum absolute atomic E-state index is 0. The molecule has 0 bridgehead atoms. The number of hydrogen-bond donors (Lipinski definition) is 3. The molecule has 1 fully saturated rings. The van der Waals surface area contributed by atoms with Gasteiger partial charge in [0.05, 0.1) is 6.54 Å². The van der Waals surface area contributed by atoms with Gasteiger partial charge >= 0.3 is 0 Å². The molecule has 0 aliphatic carbocycles. The number of hydrogen-bond acceptors (Lipinski definition) is 2. The molecule has 5 nitrogen and oxygen atoms in total. The number of piperidine rings is 1. The molecule has 4 rings (SSSR count). The molecule has 1 aliphatic heterocycles. The van der Waals surface area contributed by atoms with Crippen LogP contribution in [-0.2, 0) is 13.1 Å². The number of rotatable bonds is 5. The van der Waals surface area contributed by atoms with E-state index in [2.05, 4.69) is 86.2 Å². The third-order valence-corrected chi connectivity index (χ3v) is 5.43. The molecule has 0 atom stereocenters. The highest BCUT2D eigenvalue weighted by Gasteiger charge is 2.20. The van der Waals surface area contributed by atoms with Crippen LogP contribution in [0.2, 0.25) is 0 Å². The van der Waals surface area contributed by atoms with Crippen LogP contribution < -0.4 is 10.6 Å². The molecule has 1 aromatic heterocycles. The number of fused-ring (bicyclic) bond motifs is 1. The quantitative estimate of drug-likeness (QED) is 0.279. The molecule has 0 saturated carbocycles. The van der Waals surface area contributed by atoms with Crippen molar-refractivity contribution in [2.45, 2.75) is 32.0 Å². The van der Waals surface area contributed by atoms with Crippen LogP contribution in [0.25, 0.3) is 10.9 Å². The van der Waals surface area contributed by atoms with E-state index in [1.807, 2.05) is 7.05 Å². The van der Waals surface area contributed by atoms with Crippen molar-refractivity contribution in [3.05, 3.63) is 71.9 Å². The summed E-state index contributed by atoms with van der Waals surface area (Å²) in [7, 11) is 1.84. The molecule has 0 unspecified atom stereocenters. The van der Waals surface area contributed by atoms with Gasteiger partial charge in [0.15, 0.2) is 5.96 Å². The first-order valence-corrected chi connectivity index (χ1v) is 10.1. The average molecular weight is 503 g/mol. The van der Waals surface area contributed by atoms with Gasteiger partial charge in [-0.3, -0.25) is 9.89 Å². The predicted molar refractivity (Wildman–Crippen MR) is 132 cm³/mol. The highest BCUT2D eigenvalue weighted by atomic mass is 127. The molecular weight excluding hydrogens is 473 g/mol. The first-order chi connectivity index (χ1) is 13.8. The summed E-state index contributed by atoms with van der Waals surface area (Å²) in [6.07, 6.45) is 2.28. The van der Waals surface area contributed by atoms with Gasteiger partial charge in [-0.15, -0.1) is 24.0 Å². The number of aliphatic imine (C=N–C) groups is 1. The number of aromatic amines is 1. The number of likely N-dealkylation sites (tertiary alicyclic amines) is 1. The number of nitrogens with one attached hydrogen (secondary N) is 3. The van der Waals surface area contributed by atoms with Crippen molar-refractivity contribution >= 4 is 40.8 Å². The van der Waals surface area contributed by atoms with Crippen molar-refractivity contribution < 1.29 is 0 Å². The Balaban J connectivity index is 0.00000240. The first kappa shape index (κ1) is 21.6. The van der Waals surface area contributed by atoms with Gasteiger partial charge < -0.3 is 15.6 Å². The van der Waals surface area contributed by atoms with Crippen LogP contribution in [0.5, 0.6) is 0 Å². The van der Waals surface area contributed by atoms with Gasteiger partial charge in [-0.05, 0) is 35.9 Å². The Kier molecular flexibility index (Phi) is 7.94. The average Bonchev–Trinajstić information content (AvgIpc) is 3.16. The molecule has 3 aromatic rings. The smallest absolute Gasteiger partial charge is 0.191 e. The largest absolute Gasteiger partial charge is 0.357 e. The number of halogens is 1. The van der Waals surface area contributed by atoms with Crippen molar-refractivity contribution in [2.75, 3.05) is 20.1 Å². The molecule has 0 radical (unpaired) electrons. The number of para-hydroxylation sites is 1. The normalized spacial score (nSPS) is 15.8. The summed E-state index contributed by atoms with van der Waals surface area (Å²) < 4.78 is 0. The Morgan fingerprint density at radius 2 is 1.79 bits per heavy atom. The van der Waals surface area contributed by atoms with Crippen LogP contribution >= 0.6 is 24.0 Å². The molecule has 6 heteroatoms. The van der Waals surface area contributed by atoms with Crippen molar-refractivity contribution in [1.82, 2.24) is 20.5 Å². The number of H-pyrrole nitrogens is 1. The summed E-state index contributed by atoms with van der Waals surface area (Å²) >= 11 is 0. The number of nitrogens with zero attached hydrogens (tertiary/aromatic N) is 2. The lowest BCUT2D eigenvalue weighted by atomic mass is 10.0. The van der Waals surface area contributed by atoms with Gasteiger partial charge in [0.1, 0.15) is 0 Å². The maximum atomic E-state index is 4.40. The van der Waals surface area contributed by atoms with Crippen LogP contribution in [0.4, 0.5) is 0 Å².